The predicted octanol–water partition coefficient (Wildman–Crippen LogP) is -1.00. The average molecular weight is 348 g/mol. The molecule has 2 aromatic heterocycles. The van der Waals surface area contributed by atoms with E-state index in [2.05, 4.69) is 19.9 Å². The van der Waals surface area contributed by atoms with Crippen LogP contribution in [0, 0.1) is 0 Å². The van der Waals surface area contributed by atoms with Crippen LogP contribution in [0.25, 0.3) is 12.2 Å². The smallest absolute Gasteiger partial charge is 0.272 e. The second kappa shape index (κ2) is 6.67. The fraction of sp³-hybridized carbons (Fsp3) is 0.211. The molecule has 7 heteroatoms. The highest BCUT2D eigenvalue weighted by Crippen LogP contribution is 2.22. The van der Waals surface area contributed by atoms with Crippen molar-refractivity contribution in [2.24, 2.45) is 0 Å². The first-order valence-corrected chi connectivity index (χ1v) is 8.40. The number of H-pyrrole nitrogens is 3. The van der Waals surface area contributed by atoms with Gasteiger partial charge in [0.1, 0.15) is 18.5 Å². The average Bonchev–Trinajstić information content (AvgIpc) is 3.03. The van der Waals surface area contributed by atoms with E-state index in [0.29, 0.717) is 5.69 Å². The summed E-state index contributed by atoms with van der Waals surface area (Å²) in [6.07, 6.45) is 4.82. The monoisotopic (exact) mass is 348 g/mol. The summed E-state index contributed by atoms with van der Waals surface area (Å²) in [6.45, 7) is 6.14. The first-order valence-electron chi connectivity index (χ1n) is 8.40. The first-order chi connectivity index (χ1) is 12.2. The van der Waals surface area contributed by atoms with Crippen molar-refractivity contribution >= 4 is 25.5 Å². The topological polar surface area (TPSA) is 94.4 Å². The maximum atomic E-state index is 12.4. The molecule has 0 bridgehead atoms. The van der Waals surface area contributed by atoms with Gasteiger partial charge in [-0.05, 0) is 17.7 Å². The van der Waals surface area contributed by atoms with Crippen LogP contribution >= 0.6 is 0 Å². The summed E-state index contributed by atoms with van der Waals surface area (Å²) in [6, 6.07) is 7.69. The Balaban J connectivity index is 2.12. The van der Waals surface area contributed by atoms with E-state index in [-0.39, 0.29) is 27.2 Å². The second-order valence-corrected chi connectivity index (χ2v) is 7.35. The van der Waals surface area contributed by atoms with Crippen LogP contribution in [0.4, 0.5) is 0 Å². The predicted molar refractivity (Wildman–Crippen MR) is 106 cm³/mol. The van der Waals surface area contributed by atoms with E-state index >= 15 is 0 Å². The van der Waals surface area contributed by atoms with Crippen LogP contribution in [-0.2, 0) is 5.41 Å². The molecule has 0 aliphatic heterocycles. The van der Waals surface area contributed by atoms with Gasteiger partial charge in [0.2, 0.25) is 0 Å². The third-order valence-corrected chi connectivity index (χ3v) is 4.07. The highest BCUT2D eigenvalue weighted by atomic mass is 16.1. The molecule has 3 N–H and O–H groups in total. The molecule has 0 fully saturated rings. The fourth-order valence-corrected chi connectivity index (χ4v) is 2.68. The molecule has 6 nitrogen and oxygen atoms in total. The summed E-state index contributed by atoms with van der Waals surface area (Å²) >= 11 is 0. The van der Waals surface area contributed by atoms with Gasteiger partial charge in [-0.2, -0.15) is 0 Å². The number of imidazole rings is 1. The Morgan fingerprint density at radius 1 is 0.962 bits per heavy atom. The molecule has 0 amide bonds. The number of hydrogen-bond acceptors (Lipinski definition) is 3. The number of aromatic nitrogens is 4. The Morgan fingerprint density at radius 3 is 2.12 bits per heavy atom. The highest BCUT2D eigenvalue weighted by Gasteiger charge is 2.19. The Bertz CT molecular complexity index is 1160. The Kier molecular flexibility index (Phi) is 4.55. The molecule has 0 atom stereocenters. The molecular weight excluding hydrogens is 327 g/mol. The molecule has 0 aliphatic rings. The number of benzene rings is 1. The molecule has 1 aromatic carbocycles. The van der Waals surface area contributed by atoms with Gasteiger partial charge in [0.05, 0.1) is 12.0 Å². The van der Waals surface area contributed by atoms with Gasteiger partial charge in [-0.1, -0.05) is 50.5 Å². The zero-order chi connectivity index (χ0) is 18.9. The number of aromatic amines is 3. The summed E-state index contributed by atoms with van der Waals surface area (Å²) in [5, 5.41) is 0.391. The summed E-state index contributed by atoms with van der Waals surface area (Å²) < 4.78 is 0. The minimum Gasteiger partial charge on any atom is -0.348 e. The highest BCUT2D eigenvalue weighted by molar-refractivity contribution is 6.32. The van der Waals surface area contributed by atoms with Crippen LogP contribution in [-0.4, -0.2) is 27.8 Å². The zero-order valence-corrected chi connectivity index (χ0v) is 15.3. The molecule has 132 valence electrons. The third kappa shape index (κ3) is 3.77. The molecule has 26 heavy (non-hydrogen) atoms. The number of nitrogens with one attached hydrogen (secondary N) is 3. The van der Waals surface area contributed by atoms with E-state index in [9.17, 15) is 9.59 Å². The molecule has 0 aliphatic carbocycles. The fourth-order valence-electron chi connectivity index (χ4n) is 2.68. The molecule has 0 radical (unpaired) electrons. The van der Waals surface area contributed by atoms with Crippen molar-refractivity contribution in [3.8, 4) is 0 Å². The van der Waals surface area contributed by atoms with Crippen LogP contribution in [0.3, 0.4) is 0 Å². The van der Waals surface area contributed by atoms with Gasteiger partial charge in [0.15, 0.2) is 0 Å². The van der Waals surface area contributed by atoms with E-state index in [4.69, 9.17) is 0 Å². The standard InChI is InChI=1S/C19H21BN4O2/c1-19(2,3)16-13(21-10-22-16)9-15-18(26)23-14(17(25)24-15)8-11-4-6-12(20)7-5-11/h4-10H,20H2,1-3H3,(H,21,22)(H,23,26)(H,24,25)/b14-8-,15-9-. The molecule has 2 heterocycles. The van der Waals surface area contributed by atoms with Crippen molar-refractivity contribution in [2.45, 2.75) is 26.2 Å². The van der Waals surface area contributed by atoms with Gasteiger partial charge in [0.25, 0.3) is 11.1 Å². The maximum Gasteiger partial charge on any atom is 0.272 e. The lowest BCUT2D eigenvalue weighted by Crippen LogP contribution is -2.46. The van der Waals surface area contributed by atoms with Crippen LogP contribution in [0.5, 0.6) is 0 Å². The number of nitrogens with zero attached hydrogens (tertiary/aromatic N) is 1. The minimum absolute atomic E-state index is 0.158. The van der Waals surface area contributed by atoms with Crippen molar-refractivity contribution in [3.63, 3.8) is 0 Å². The number of hydrogen-bond donors (Lipinski definition) is 3. The van der Waals surface area contributed by atoms with Gasteiger partial charge >= 0.3 is 0 Å². The first kappa shape index (κ1) is 17.7. The van der Waals surface area contributed by atoms with E-state index in [1.807, 2.05) is 52.9 Å². The van der Waals surface area contributed by atoms with Gasteiger partial charge in [-0.15, -0.1) is 0 Å². The van der Waals surface area contributed by atoms with Crippen molar-refractivity contribution in [1.29, 1.82) is 0 Å². The zero-order valence-electron chi connectivity index (χ0n) is 15.3. The molecule has 0 spiro atoms. The van der Waals surface area contributed by atoms with Crippen molar-refractivity contribution < 1.29 is 0 Å². The quantitative estimate of drug-likeness (QED) is 0.519. The van der Waals surface area contributed by atoms with E-state index in [1.54, 1.807) is 18.5 Å². The lowest BCUT2D eigenvalue weighted by atomic mass is 9.90. The molecule has 3 rings (SSSR count). The number of rotatable bonds is 2. The lowest BCUT2D eigenvalue weighted by Gasteiger charge is -2.16. The lowest BCUT2D eigenvalue weighted by molar-refractivity contribution is 0.571. The molecule has 0 saturated carbocycles. The van der Waals surface area contributed by atoms with Crippen LogP contribution < -0.4 is 27.3 Å². The van der Waals surface area contributed by atoms with Gasteiger partial charge in [-0.3, -0.25) is 9.59 Å². The van der Waals surface area contributed by atoms with E-state index in [0.717, 1.165) is 16.7 Å². The summed E-state index contributed by atoms with van der Waals surface area (Å²) in [5.74, 6) is 0. The van der Waals surface area contributed by atoms with Crippen LogP contribution in [0.15, 0.2) is 40.2 Å². The molecule has 0 saturated heterocycles. The van der Waals surface area contributed by atoms with Gasteiger partial charge in [0, 0.05) is 11.1 Å². The molecular formula is C19H21BN4O2. The minimum atomic E-state index is -0.370. The summed E-state index contributed by atoms with van der Waals surface area (Å²) in [7, 11) is 1.99. The Labute approximate surface area is 151 Å². The van der Waals surface area contributed by atoms with Crippen molar-refractivity contribution in [1.82, 2.24) is 19.9 Å². The van der Waals surface area contributed by atoms with Gasteiger partial charge < -0.3 is 15.0 Å². The normalized spacial score (nSPS) is 13.3. The summed E-state index contributed by atoms with van der Waals surface area (Å²) in [4.78, 5) is 37.4. The van der Waals surface area contributed by atoms with E-state index in [1.165, 1.54) is 0 Å². The van der Waals surface area contributed by atoms with Gasteiger partial charge in [-0.25, -0.2) is 4.98 Å². The molecule has 3 aromatic rings. The maximum absolute atomic E-state index is 12.4. The second-order valence-electron chi connectivity index (χ2n) is 7.35. The van der Waals surface area contributed by atoms with E-state index < -0.39 is 0 Å². The van der Waals surface area contributed by atoms with Crippen LogP contribution in [0.2, 0.25) is 0 Å². The molecule has 0 unspecified atom stereocenters. The van der Waals surface area contributed by atoms with Crippen molar-refractivity contribution in [3.05, 3.63) is 78.9 Å². The summed E-state index contributed by atoms with van der Waals surface area (Å²) in [5.41, 5.74) is 2.62. The Hall–Kier alpha value is -3.09. The van der Waals surface area contributed by atoms with Crippen molar-refractivity contribution in [2.75, 3.05) is 0 Å². The largest absolute Gasteiger partial charge is 0.348 e. The SMILES string of the molecule is Bc1ccc(/C=c2\[nH]c(=O)/c(=C/c3nc[nH]c3C(C)(C)C)[nH]c2=O)cc1. The Morgan fingerprint density at radius 2 is 1.54 bits per heavy atom. The third-order valence-electron chi connectivity index (χ3n) is 4.07. The van der Waals surface area contributed by atoms with Crippen LogP contribution in [0.1, 0.15) is 37.7 Å².